The van der Waals surface area contributed by atoms with Gasteiger partial charge in [-0.2, -0.15) is 5.26 Å². The Morgan fingerprint density at radius 2 is 1.73 bits per heavy atom. The van der Waals surface area contributed by atoms with Gasteiger partial charge in [0.25, 0.3) is 11.8 Å². The molecule has 0 aliphatic heterocycles. The topological polar surface area (TPSA) is 108 Å². The molecule has 0 radical (unpaired) electrons. The van der Waals surface area contributed by atoms with Crippen LogP contribution in [0.5, 0.6) is 5.75 Å². The summed E-state index contributed by atoms with van der Waals surface area (Å²) >= 11 is 0. The van der Waals surface area contributed by atoms with Gasteiger partial charge in [0.05, 0.1) is 30.1 Å². The Labute approximate surface area is 240 Å². The molecule has 2 heterocycles. The van der Waals surface area contributed by atoms with E-state index >= 15 is 0 Å². The van der Waals surface area contributed by atoms with E-state index in [0.29, 0.717) is 22.6 Å². The molecule has 208 valence electrons. The molecule has 8 nitrogen and oxygen atoms in total. The van der Waals surface area contributed by atoms with Crippen molar-refractivity contribution in [3.8, 4) is 22.9 Å². The van der Waals surface area contributed by atoms with Crippen molar-refractivity contribution in [3.05, 3.63) is 101 Å². The lowest BCUT2D eigenvalue weighted by Crippen LogP contribution is -2.27. The molecule has 0 unspecified atom stereocenters. The first kappa shape index (κ1) is 29.0. The number of hydrogen-bond acceptors (Lipinski definition) is 6. The van der Waals surface area contributed by atoms with Crippen molar-refractivity contribution in [2.75, 3.05) is 24.4 Å². The Kier molecular flexibility index (Phi) is 8.20. The van der Waals surface area contributed by atoms with E-state index in [9.17, 15) is 14.9 Å². The van der Waals surface area contributed by atoms with Crippen molar-refractivity contribution in [2.45, 2.75) is 40.0 Å². The number of anilines is 2. The number of amides is 2. The van der Waals surface area contributed by atoms with E-state index < -0.39 is 5.91 Å². The van der Waals surface area contributed by atoms with Crippen LogP contribution in [0.1, 0.15) is 64.0 Å². The van der Waals surface area contributed by atoms with Gasteiger partial charge in [-0.05, 0) is 72.9 Å². The maximum Gasteiger partial charge on any atom is 0.259 e. The van der Waals surface area contributed by atoms with Gasteiger partial charge in [0.2, 0.25) is 0 Å². The van der Waals surface area contributed by atoms with E-state index in [1.165, 1.54) is 12.0 Å². The van der Waals surface area contributed by atoms with Crippen LogP contribution < -0.4 is 15.0 Å². The third-order valence-corrected chi connectivity index (χ3v) is 6.83. The first-order chi connectivity index (χ1) is 19.4. The Morgan fingerprint density at radius 3 is 2.34 bits per heavy atom. The van der Waals surface area contributed by atoms with Crippen LogP contribution in [0.4, 0.5) is 11.5 Å². The molecule has 4 aromatic rings. The van der Waals surface area contributed by atoms with E-state index in [4.69, 9.17) is 4.74 Å². The van der Waals surface area contributed by atoms with E-state index in [1.807, 2.05) is 65.0 Å². The van der Waals surface area contributed by atoms with Crippen LogP contribution in [0.3, 0.4) is 0 Å². The van der Waals surface area contributed by atoms with E-state index in [-0.39, 0.29) is 22.6 Å². The lowest BCUT2D eigenvalue weighted by atomic mass is 9.84. The van der Waals surface area contributed by atoms with Crippen molar-refractivity contribution < 1.29 is 14.3 Å². The van der Waals surface area contributed by atoms with E-state index in [0.717, 1.165) is 28.1 Å². The molecule has 0 fully saturated rings. The number of methoxy groups -OCH3 is 1. The summed E-state index contributed by atoms with van der Waals surface area (Å²) in [6, 6.07) is 20.3. The van der Waals surface area contributed by atoms with Gasteiger partial charge in [-0.15, -0.1) is 0 Å². The fourth-order valence-corrected chi connectivity index (χ4v) is 4.43. The van der Waals surface area contributed by atoms with Crippen LogP contribution in [-0.2, 0) is 5.41 Å². The number of nitrogens with one attached hydrogen (secondary N) is 1. The van der Waals surface area contributed by atoms with Crippen molar-refractivity contribution >= 4 is 23.3 Å². The molecule has 41 heavy (non-hydrogen) atoms. The van der Waals surface area contributed by atoms with Crippen LogP contribution in [0.2, 0.25) is 0 Å². The zero-order chi connectivity index (χ0) is 29.9. The molecule has 0 atom stereocenters. The molecule has 0 saturated carbocycles. The average Bonchev–Trinajstić information content (AvgIpc) is 2.96. The number of nitrogens with zero attached hydrogens (tertiary/aromatic N) is 4. The van der Waals surface area contributed by atoms with Crippen molar-refractivity contribution in [1.29, 1.82) is 5.26 Å². The number of pyridine rings is 2. The Bertz CT molecular complexity index is 1660. The number of benzene rings is 2. The van der Waals surface area contributed by atoms with E-state index in [2.05, 4.69) is 21.4 Å². The zero-order valence-corrected chi connectivity index (χ0v) is 24.4. The Hall–Kier alpha value is -5.03. The van der Waals surface area contributed by atoms with Crippen molar-refractivity contribution in [1.82, 2.24) is 9.97 Å². The van der Waals surface area contributed by atoms with Gasteiger partial charge in [0, 0.05) is 29.6 Å². The third kappa shape index (κ3) is 6.25. The molecule has 0 bridgehead atoms. The number of carbonyl (C=O) groups is 2. The number of ether oxygens (including phenoxy) is 1. The summed E-state index contributed by atoms with van der Waals surface area (Å²) in [6.07, 6.45) is 1.59. The lowest BCUT2D eigenvalue weighted by Gasteiger charge is -2.22. The SMILES string of the molecule is COc1c(C#N)cc(C(C)(C)C)cc1C(=O)Nc1cnc(C)c(-c2ccc(C(=O)N(C)c3cccc(C)n3)cc2)c1. The van der Waals surface area contributed by atoms with Gasteiger partial charge in [-0.3, -0.25) is 19.5 Å². The second kappa shape index (κ2) is 11.6. The number of aromatic nitrogens is 2. The second-order valence-corrected chi connectivity index (χ2v) is 10.9. The highest BCUT2D eigenvalue weighted by Gasteiger charge is 2.23. The molecular weight excluding hydrogens is 514 g/mol. The molecule has 0 aliphatic rings. The van der Waals surface area contributed by atoms with Crippen LogP contribution >= 0.6 is 0 Å². The van der Waals surface area contributed by atoms with Crippen molar-refractivity contribution in [2.24, 2.45) is 0 Å². The van der Waals surface area contributed by atoms with Gasteiger partial charge >= 0.3 is 0 Å². The predicted molar refractivity (Wildman–Crippen MR) is 160 cm³/mol. The summed E-state index contributed by atoms with van der Waals surface area (Å²) in [5.74, 6) is 0.224. The van der Waals surface area contributed by atoms with Gasteiger partial charge in [0.1, 0.15) is 17.6 Å². The van der Waals surface area contributed by atoms with Gasteiger partial charge in [0.15, 0.2) is 0 Å². The number of nitriles is 1. The molecular formula is C33H33N5O3. The highest BCUT2D eigenvalue weighted by Crippen LogP contribution is 2.33. The summed E-state index contributed by atoms with van der Waals surface area (Å²) < 4.78 is 5.45. The van der Waals surface area contributed by atoms with Gasteiger partial charge < -0.3 is 10.1 Å². The fraction of sp³-hybridized carbons (Fsp3) is 0.242. The summed E-state index contributed by atoms with van der Waals surface area (Å²) in [7, 11) is 3.14. The summed E-state index contributed by atoms with van der Waals surface area (Å²) in [6.45, 7) is 9.82. The largest absolute Gasteiger partial charge is 0.495 e. The highest BCUT2D eigenvalue weighted by atomic mass is 16.5. The summed E-state index contributed by atoms with van der Waals surface area (Å²) in [5.41, 5.74) is 5.41. The monoisotopic (exact) mass is 547 g/mol. The van der Waals surface area contributed by atoms with Crippen LogP contribution in [0.15, 0.2) is 66.9 Å². The standard InChI is InChI=1S/C33H33N5O3/c1-20-9-8-10-29(36-20)38(6)32(40)23-13-11-22(12-14-23)27-17-26(19-35-21(27)2)37-31(39)28-16-25(33(3,4)5)15-24(18-34)30(28)41-7/h8-17,19H,1-7H3,(H,37,39). The van der Waals surface area contributed by atoms with Crippen LogP contribution in [-0.4, -0.2) is 35.9 Å². The van der Waals surface area contributed by atoms with E-state index in [1.54, 1.807) is 43.6 Å². The molecule has 2 aromatic carbocycles. The third-order valence-electron chi connectivity index (χ3n) is 6.83. The quantitative estimate of drug-likeness (QED) is 0.296. The number of carbonyl (C=O) groups excluding carboxylic acids is 2. The Morgan fingerprint density at radius 1 is 1.02 bits per heavy atom. The fourth-order valence-electron chi connectivity index (χ4n) is 4.43. The normalized spacial score (nSPS) is 11.0. The minimum Gasteiger partial charge on any atom is -0.495 e. The highest BCUT2D eigenvalue weighted by molar-refractivity contribution is 6.07. The smallest absolute Gasteiger partial charge is 0.259 e. The molecule has 1 N–H and O–H groups in total. The Balaban J connectivity index is 1.60. The number of hydrogen-bond donors (Lipinski definition) is 1. The van der Waals surface area contributed by atoms with Crippen LogP contribution in [0.25, 0.3) is 11.1 Å². The first-order valence-corrected chi connectivity index (χ1v) is 13.2. The van der Waals surface area contributed by atoms with Gasteiger partial charge in [-0.25, -0.2) is 4.98 Å². The second-order valence-electron chi connectivity index (χ2n) is 10.9. The zero-order valence-electron chi connectivity index (χ0n) is 24.4. The van der Waals surface area contributed by atoms with Crippen molar-refractivity contribution in [3.63, 3.8) is 0 Å². The van der Waals surface area contributed by atoms with Gasteiger partial charge in [-0.1, -0.05) is 39.0 Å². The first-order valence-electron chi connectivity index (χ1n) is 13.2. The minimum atomic E-state index is -0.408. The minimum absolute atomic E-state index is 0.173. The van der Waals surface area contributed by atoms with Crippen LogP contribution in [0, 0.1) is 25.2 Å². The molecule has 0 aliphatic carbocycles. The summed E-state index contributed by atoms with van der Waals surface area (Å²) in [5, 5.41) is 12.6. The molecule has 0 spiro atoms. The summed E-state index contributed by atoms with van der Waals surface area (Å²) in [4.78, 5) is 36.9. The lowest BCUT2D eigenvalue weighted by molar-refractivity contribution is 0.0990. The number of rotatable bonds is 6. The molecule has 8 heteroatoms. The molecule has 0 saturated heterocycles. The molecule has 4 rings (SSSR count). The maximum atomic E-state index is 13.4. The number of aryl methyl sites for hydroxylation is 2. The molecule has 2 amide bonds. The maximum absolute atomic E-state index is 13.4. The predicted octanol–water partition coefficient (Wildman–Crippen LogP) is 6.47. The molecule has 2 aromatic heterocycles. The average molecular weight is 548 g/mol.